The van der Waals surface area contributed by atoms with Crippen LogP contribution in [-0.4, -0.2) is 59.6 Å². The van der Waals surface area contributed by atoms with E-state index in [0.717, 1.165) is 105 Å². The first-order chi connectivity index (χ1) is 33.9. The Hall–Kier alpha value is -4.45. The summed E-state index contributed by atoms with van der Waals surface area (Å²) in [4.78, 5) is 38.3. The molecule has 4 heterocycles. The van der Waals surface area contributed by atoms with Gasteiger partial charge in [-0.1, -0.05) is 75.3 Å². The third-order valence-corrected chi connectivity index (χ3v) is 18.0. The number of hydrogen-bond acceptors (Lipinski definition) is 9. The Morgan fingerprint density at radius 1 is 0.440 bits per heavy atom. The largest absolute Gasteiger partial charge is 0.301 e. The predicted octanol–water partition coefficient (Wildman–Crippen LogP) is 16.0. The Morgan fingerprint density at radius 2 is 0.840 bits per heavy atom. The van der Waals surface area contributed by atoms with Crippen molar-refractivity contribution in [2.45, 2.75) is 115 Å². The van der Waals surface area contributed by atoms with Crippen molar-refractivity contribution in [1.29, 1.82) is 0 Å². The van der Waals surface area contributed by atoms with E-state index in [2.05, 4.69) is 81.3 Å². The maximum absolute atomic E-state index is 11.3. The predicted molar refractivity (Wildman–Crippen MR) is 330 cm³/mol. The first-order valence-electron chi connectivity index (χ1n) is 22.6. The summed E-state index contributed by atoms with van der Waals surface area (Å²) in [6, 6.07) is 21.2. The van der Waals surface area contributed by atoms with Crippen molar-refractivity contribution in [1.82, 2.24) is 39.8 Å². The maximum Gasteiger partial charge on any atom is 0.266 e. The van der Waals surface area contributed by atoms with Gasteiger partial charge in [-0.2, -0.15) is 0 Å². The maximum atomic E-state index is 11.3. The van der Waals surface area contributed by atoms with Crippen molar-refractivity contribution < 1.29 is 0 Å². The summed E-state index contributed by atoms with van der Waals surface area (Å²) in [6.07, 6.45) is 2.13. The lowest BCUT2D eigenvalue weighted by Gasteiger charge is -2.26. The summed E-state index contributed by atoms with van der Waals surface area (Å²) in [5.74, 6) is 3.18. The molecule has 1 aliphatic heterocycles. The van der Waals surface area contributed by atoms with Gasteiger partial charge in [0.05, 0.1) is 11.4 Å². The minimum Gasteiger partial charge on any atom is -0.301 e. The fourth-order valence-electron chi connectivity index (χ4n) is 6.88. The van der Waals surface area contributed by atoms with Crippen LogP contribution in [-0.2, 0) is 31.4 Å². The zero-order chi connectivity index (χ0) is 53.1. The highest BCUT2D eigenvalue weighted by molar-refractivity contribution is 7.99. The lowest BCUT2D eigenvalue weighted by atomic mass is 10.2. The van der Waals surface area contributed by atoms with E-state index in [-0.39, 0.29) is 39.0 Å². The van der Waals surface area contributed by atoms with Crippen LogP contribution in [0.25, 0.3) is 0 Å². The molecule has 4 aromatic carbocycles. The van der Waals surface area contributed by atoms with Gasteiger partial charge in [0.1, 0.15) is 0 Å². The molecule has 0 spiro atoms. The normalized spacial score (nSPS) is 11.5. The monoisotopic (exact) mass is 1170 g/mol. The number of hydrazine groups is 1. The van der Waals surface area contributed by atoms with Crippen molar-refractivity contribution in [3.05, 3.63) is 204 Å². The summed E-state index contributed by atoms with van der Waals surface area (Å²) in [5.41, 5.74) is 14.0. The van der Waals surface area contributed by atoms with Gasteiger partial charge in [-0.25, -0.2) is 0 Å². The number of rotatable bonds is 12. The number of thioether (sulfide) groups is 4. The molecule has 0 aliphatic carbocycles. The standard InChI is InChI=1S/C15H19ClN2S.2C13H15ClN2OS.C12H13ClN2OS.3CH4/c1-10-7-15(11(2)6-14(10)16)19-9-13-8-12(3)17(4)18(13)5;1-8-5-12(9(2)4-11(8)14)18-7-10-6-13(17)15-16(10)3;1-8-5-12(9(2)4-11(8)14)18-7-10-6-13(17)16(3)15-10;1-7-4-11(8(2)3-10(7)13)17-6-9-5-12(16)15-14-9;;;/h6-8H,3,9H2,1-2,4-5H3;4-6H,7H2,1-3H3,(H,15,17);4-6,15H,7H2,1-3H3;3-5H,6H2,1-2H3,(H2,14,15,16);3*1H4. The topological polar surface area (TPSA) is 131 Å². The quantitative estimate of drug-likeness (QED) is 0.0884. The number of allylic oxidation sites excluding steroid dienone is 1. The second-order valence-corrected chi connectivity index (χ2v) is 23.1. The summed E-state index contributed by atoms with van der Waals surface area (Å²) in [6.45, 7) is 20.3. The molecule has 1 aliphatic rings. The van der Waals surface area contributed by atoms with Crippen LogP contribution >= 0.6 is 93.5 Å². The third-order valence-electron chi connectivity index (χ3n) is 11.6. The van der Waals surface area contributed by atoms with Crippen LogP contribution in [0.4, 0.5) is 0 Å². The number of nitrogens with one attached hydrogen (secondary N) is 4. The molecule has 19 heteroatoms. The van der Waals surface area contributed by atoms with Gasteiger partial charge in [-0.3, -0.25) is 49.1 Å². The van der Waals surface area contributed by atoms with E-state index in [1.54, 1.807) is 65.2 Å². The van der Waals surface area contributed by atoms with Crippen molar-refractivity contribution >= 4 is 93.5 Å². The Balaban J connectivity index is 0.000000338. The van der Waals surface area contributed by atoms with Gasteiger partial charge >= 0.3 is 0 Å². The fourth-order valence-corrected chi connectivity index (χ4v) is 12.0. The number of benzene rings is 4. The fraction of sp³-hybridized carbons (Fsp3) is 0.339. The zero-order valence-electron chi connectivity index (χ0n) is 42.6. The first-order valence-corrected chi connectivity index (χ1v) is 28.1. The van der Waals surface area contributed by atoms with Crippen LogP contribution < -0.4 is 16.7 Å². The molecule has 0 bridgehead atoms. The summed E-state index contributed by atoms with van der Waals surface area (Å²) in [5, 5.41) is 18.5. The number of likely N-dealkylation sites (N-methyl/N-ethyl adjacent to an activating group) is 1. The van der Waals surface area contributed by atoms with Gasteiger partial charge in [-0.05, 0) is 155 Å². The van der Waals surface area contributed by atoms with Crippen molar-refractivity contribution in [3.8, 4) is 0 Å². The van der Waals surface area contributed by atoms with Crippen LogP contribution in [0.2, 0.25) is 20.1 Å². The number of halogens is 4. The molecule has 3 aromatic heterocycles. The lowest BCUT2D eigenvalue weighted by Crippen LogP contribution is -2.29. The Morgan fingerprint density at radius 3 is 1.17 bits per heavy atom. The second-order valence-electron chi connectivity index (χ2n) is 17.4. The molecule has 0 saturated carbocycles. The lowest BCUT2D eigenvalue weighted by molar-refractivity contribution is 0.135. The Bertz CT molecular complexity index is 3260. The molecule has 0 unspecified atom stereocenters. The van der Waals surface area contributed by atoms with E-state index in [1.807, 2.05) is 98.6 Å². The minimum atomic E-state index is -0.0930. The van der Waals surface area contributed by atoms with E-state index in [9.17, 15) is 14.4 Å². The molecule has 8 rings (SSSR count). The van der Waals surface area contributed by atoms with Gasteiger partial charge in [0.25, 0.3) is 16.7 Å². The molecule has 0 fully saturated rings. The van der Waals surface area contributed by atoms with Crippen LogP contribution in [0.15, 0.2) is 125 Å². The number of nitrogens with zero attached hydrogens (tertiary/aromatic N) is 4. The van der Waals surface area contributed by atoms with E-state index in [1.165, 1.54) is 35.5 Å². The smallest absolute Gasteiger partial charge is 0.266 e. The number of aromatic nitrogens is 6. The molecule has 408 valence electrons. The average Bonchev–Trinajstić information content (AvgIpc) is 4.05. The second kappa shape index (κ2) is 30.5. The number of hydrogen-bond donors (Lipinski definition) is 4. The van der Waals surface area contributed by atoms with E-state index >= 15 is 0 Å². The molecular formula is C56H74Cl4N8O3S4. The van der Waals surface area contributed by atoms with Gasteiger partial charge in [0.15, 0.2) is 0 Å². The molecule has 4 N–H and O–H groups in total. The number of aryl methyl sites for hydroxylation is 10. The van der Waals surface area contributed by atoms with E-state index < -0.39 is 0 Å². The Labute approximate surface area is 481 Å². The van der Waals surface area contributed by atoms with Gasteiger partial charge in [0, 0.05) is 126 Å². The molecular weight excluding hydrogens is 1100 g/mol. The molecule has 0 atom stereocenters. The van der Waals surface area contributed by atoms with Crippen LogP contribution in [0, 0.1) is 55.4 Å². The van der Waals surface area contributed by atoms with Crippen molar-refractivity contribution in [3.63, 3.8) is 0 Å². The van der Waals surface area contributed by atoms with E-state index in [4.69, 9.17) is 46.4 Å². The number of aromatic amines is 4. The zero-order valence-corrected chi connectivity index (χ0v) is 48.9. The first kappa shape index (κ1) is 66.7. The average molecular weight is 1180 g/mol. The van der Waals surface area contributed by atoms with Crippen molar-refractivity contribution in [2.24, 2.45) is 14.1 Å². The van der Waals surface area contributed by atoms with Crippen LogP contribution in [0.3, 0.4) is 0 Å². The van der Waals surface area contributed by atoms with E-state index in [0.29, 0.717) is 0 Å². The van der Waals surface area contributed by atoms with Crippen LogP contribution in [0.1, 0.15) is 83.9 Å². The van der Waals surface area contributed by atoms with Gasteiger partial charge in [0.2, 0.25) is 0 Å². The SMILES string of the molecule is C.C.C.C=C1C=C(CSc2cc(C)c(Cl)cc2C)N(C)N1C.Cc1cc(SCc2cc(=O)[nH][nH]2)c(C)cc1Cl.Cc1cc(SCc2cc(=O)[nH]n2C)c(C)cc1Cl.Cc1cc(SCc2cc(=O)n(C)[nH]2)c(C)cc1Cl. The highest BCUT2D eigenvalue weighted by atomic mass is 35.5. The van der Waals surface area contributed by atoms with Gasteiger partial charge < -0.3 is 5.10 Å². The molecule has 0 radical (unpaired) electrons. The third kappa shape index (κ3) is 19.2. The number of H-pyrrole nitrogens is 4. The van der Waals surface area contributed by atoms with Gasteiger partial charge in [-0.15, -0.1) is 47.0 Å². The Kier molecular flexibility index (Phi) is 27.1. The van der Waals surface area contributed by atoms with Crippen molar-refractivity contribution in [2.75, 3.05) is 19.8 Å². The molecule has 0 amide bonds. The molecule has 7 aromatic rings. The highest BCUT2D eigenvalue weighted by Gasteiger charge is 2.19. The molecule has 11 nitrogen and oxygen atoms in total. The molecule has 75 heavy (non-hydrogen) atoms. The summed E-state index contributed by atoms with van der Waals surface area (Å²) in [7, 11) is 7.64. The summed E-state index contributed by atoms with van der Waals surface area (Å²) < 4.78 is 3.24. The summed E-state index contributed by atoms with van der Waals surface area (Å²) >= 11 is 31.3. The highest BCUT2D eigenvalue weighted by Crippen LogP contribution is 2.34. The van der Waals surface area contributed by atoms with Crippen LogP contribution in [0.5, 0.6) is 0 Å². The molecule has 0 saturated heterocycles. The minimum absolute atomic E-state index is 0.